The fraction of sp³-hybridized carbons (Fsp3) is 0.320. The number of sulfone groups is 1. The molecule has 1 saturated heterocycles. The predicted molar refractivity (Wildman–Crippen MR) is 129 cm³/mol. The standard InChI is InChI=1S/C25H25N3O7S/c1-3-4-9-36(32,33)18-7-8-20-16(10-18)11-21(35-20)25(23(30)26-24(31)27-25)14-28-13-15-5-6-17(34-2)12-19(15)22(28)29/h5-8,10-12H,3-4,9,13-14H2,1-2H3,(H2,26,27,30,31)/t25-/m0/s1. The molecule has 1 atom stereocenters. The van der Waals surface area contributed by atoms with Crippen molar-refractivity contribution in [2.75, 3.05) is 19.4 Å². The van der Waals surface area contributed by atoms with Gasteiger partial charge in [-0.1, -0.05) is 19.4 Å². The minimum absolute atomic E-state index is 0.0323. The van der Waals surface area contributed by atoms with Crippen LogP contribution < -0.4 is 15.4 Å². The number of methoxy groups -OCH3 is 1. The van der Waals surface area contributed by atoms with Gasteiger partial charge in [0.05, 0.1) is 24.3 Å². The quantitative estimate of drug-likeness (QED) is 0.444. The summed E-state index contributed by atoms with van der Waals surface area (Å²) in [4.78, 5) is 40.1. The number of ether oxygens (including phenoxy) is 1. The Morgan fingerprint density at radius 2 is 1.92 bits per heavy atom. The van der Waals surface area contributed by atoms with Gasteiger partial charge in [-0.15, -0.1) is 0 Å². The number of imide groups is 1. The van der Waals surface area contributed by atoms with E-state index in [0.717, 1.165) is 12.0 Å². The molecule has 188 valence electrons. The average molecular weight is 512 g/mol. The summed E-state index contributed by atoms with van der Waals surface area (Å²) in [6.45, 7) is 1.98. The molecule has 3 heterocycles. The number of benzene rings is 2. The van der Waals surface area contributed by atoms with E-state index in [2.05, 4.69) is 10.6 Å². The SMILES string of the molecule is CCCCS(=O)(=O)c1ccc2oc([C@]3(CN4Cc5ccc(OC)cc5C4=O)NC(=O)NC3=O)cc2c1. The number of hydrogen-bond donors (Lipinski definition) is 2. The zero-order valence-corrected chi connectivity index (χ0v) is 20.6. The maximum absolute atomic E-state index is 13.2. The monoisotopic (exact) mass is 511 g/mol. The van der Waals surface area contributed by atoms with E-state index in [1.54, 1.807) is 18.2 Å². The van der Waals surface area contributed by atoms with Crippen LogP contribution in [0.25, 0.3) is 11.0 Å². The minimum Gasteiger partial charge on any atom is -0.497 e. The second-order valence-electron chi connectivity index (χ2n) is 8.98. The molecule has 0 unspecified atom stereocenters. The Bertz CT molecular complexity index is 1510. The highest BCUT2D eigenvalue weighted by atomic mass is 32.2. The molecule has 4 amide bonds. The van der Waals surface area contributed by atoms with Gasteiger partial charge in [-0.05, 0) is 48.4 Å². The molecule has 1 fully saturated rings. The Morgan fingerprint density at radius 3 is 2.61 bits per heavy atom. The highest BCUT2D eigenvalue weighted by Gasteiger charge is 2.53. The molecule has 2 aliphatic heterocycles. The summed E-state index contributed by atoms with van der Waals surface area (Å²) < 4.78 is 36.5. The van der Waals surface area contributed by atoms with Crippen molar-refractivity contribution in [1.82, 2.24) is 15.5 Å². The Kier molecular flexibility index (Phi) is 5.74. The van der Waals surface area contributed by atoms with Crippen LogP contribution in [0.1, 0.15) is 41.4 Å². The molecule has 2 aliphatic rings. The molecule has 11 heteroatoms. The molecule has 1 aromatic heterocycles. The topological polar surface area (TPSA) is 135 Å². The van der Waals surface area contributed by atoms with E-state index in [1.807, 2.05) is 6.92 Å². The Hall–Kier alpha value is -3.86. The van der Waals surface area contributed by atoms with Crippen LogP contribution >= 0.6 is 0 Å². The van der Waals surface area contributed by atoms with E-state index in [-0.39, 0.29) is 35.4 Å². The van der Waals surface area contributed by atoms with Crippen LogP contribution in [-0.4, -0.2) is 50.6 Å². The lowest BCUT2D eigenvalue weighted by Crippen LogP contribution is -2.52. The number of furan rings is 1. The van der Waals surface area contributed by atoms with E-state index >= 15 is 0 Å². The van der Waals surface area contributed by atoms with Gasteiger partial charge in [-0.25, -0.2) is 13.2 Å². The van der Waals surface area contributed by atoms with Crippen molar-refractivity contribution in [2.45, 2.75) is 36.7 Å². The first-order valence-corrected chi connectivity index (χ1v) is 13.2. The maximum atomic E-state index is 13.2. The highest BCUT2D eigenvalue weighted by molar-refractivity contribution is 7.91. The molecule has 5 rings (SSSR count). The van der Waals surface area contributed by atoms with Crippen molar-refractivity contribution in [3.05, 3.63) is 59.4 Å². The van der Waals surface area contributed by atoms with Gasteiger partial charge < -0.3 is 19.4 Å². The van der Waals surface area contributed by atoms with Gasteiger partial charge in [-0.2, -0.15) is 0 Å². The van der Waals surface area contributed by atoms with Gasteiger partial charge in [-0.3, -0.25) is 14.9 Å². The third-order valence-corrected chi connectivity index (χ3v) is 8.40. The Labute approximate surface area is 207 Å². The van der Waals surface area contributed by atoms with Crippen LogP contribution in [0.4, 0.5) is 4.79 Å². The van der Waals surface area contributed by atoms with Crippen LogP contribution in [0.2, 0.25) is 0 Å². The van der Waals surface area contributed by atoms with Crippen LogP contribution in [-0.2, 0) is 26.7 Å². The number of unbranched alkanes of at least 4 members (excludes halogenated alkanes) is 1. The van der Waals surface area contributed by atoms with Crippen molar-refractivity contribution >= 4 is 38.7 Å². The molecule has 0 bridgehead atoms. The fourth-order valence-electron chi connectivity index (χ4n) is 4.61. The smallest absolute Gasteiger partial charge is 0.322 e. The maximum Gasteiger partial charge on any atom is 0.322 e. The fourth-order valence-corrected chi connectivity index (χ4v) is 6.10. The van der Waals surface area contributed by atoms with Gasteiger partial charge in [0.1, 0.15) is 17.1 Å². The number of fused-ring (bicyclic) bond motifs is 2. The summed E-state index contributed by atoms with van der Waals surface area (Å²) in [5.74, 6) is -0.302. The van der Waals surface area contributed by atoms with Gasteiger partial charge in [0.2, 0.25) is 0 Å². The van der Waals surface area contributed by atoms with Crippen molar-refractivity contribution in [3.8, 4) is 5.75 Å². The largest absolute Gasteiger partial charge is 0.497 e. The average Bonchev–Trinajstić information content (AvgIpc) is 3.51. The first kappa shape index (κ1) is 23.9. The number of urea groups is 1. The third-order valence-electron chi connectivity index (χ3n) is 6.60. The normalized spacial score (nSPS) is 19.5. The number of nitrogens with zero attached hydrogens (tertiary/aromatic N) is 1. The van der Waals surface area contributed by atoms with Crippen molar-refractivity contribution in [3.63, 3.8) is 0 Å². The summed E-state index contributed by atoms with van der Waals surface area (Å²) in [5, 5.41) is 5.34. The molecule has 0 saturated carbocycles. The zero-order chi connectivity index (χ0) is 25.7. The van der Waals surface area contributed by atoms with Crippen molar-refractivity contribution in [1.29, 1.82) is 0 Å². The van der Waals surface area contributed by atoms with Gasteiger partial charge >= 0.3 is 6.03 Å². The van der Waals surface area contributed by atoms with E-state index in [9.17, 15) is 22.8 Å². The highest BCUT2D eigenvalue weighted by Crippen LogP contribution is 2.35. The number of amides is 4. The van der Waals surface area contributed by atoms with Gasteiger partial charge in [0.25, 0.3) is 11.8 Å². The lowest BCUT2D eigenvalue weighted by molar-refractivity contribution is -0.125. The van der Waals surface area contributed by atoms with E-state index in [0.29, 0.717) is 28.7 Å². The summed E-state index contributed by atoms with van der Waals surface area (Å²) >= 11 is 0. The third kappa shape index (κ3) is 3.89. The van der Waals surface area contributed by atoms with Crippen LogP contribution in [0, 0.1) is 0 Å². The molecule has 0 spiro atoms. The molecule has 2 aromatic carbocycles. The number of rotatable bonds is 8. The molecule has 36 heavy (non-hydrogen) atoms. The summed E-state index contributed by atoms with van der Waals surface area (Å²) in [6, 6.07) is 10.5. The van der Waals surface area contributed by atoms with Gasteiger partial charge in [0.15, 0.2) is 15.4 Å². The summed E-state index contributed by atoms with van der Waals surface area (Å²) in [7, 11) is -1.97. The van der Waals surface area contributed by atoms with E-state index in [4.69, 9.17) is 9.15 Å². The summed E-state index contributed by atoms with van der Waals surface area (Å²) in [6.07, 6.45) is 1.30. The lowest BCUT2D eigenvalue weighted by atomic mass is 9.95. The molecule has 2 N–H and O–H groups in total. The summed E-state index contributed by atoms with van der Waals surface area (Å²) in [5.41, 5.74) is -0.0967. The first-order valence-electron chi connectivity index (χ1n) is 11.5. The Morgan fingerprint density at radius 1 is 1.11 bits per heavy atom. The second kappa shape index (κ2) is 8.66. The zero-order valence-electron chi connectivity index (χ0n) is 19.8. The van der Waals surface area contributed by atoms with E-state index < -0.39 is 27.3 Å². The van der Waals surface area contributed by atoms with Crippen LogP contribution in [0.15, 0.2) is 51.8 Å². The molecule has 0 aliphatic carbocycles. The number of hydrogen-bond acceptors (Lipinski definition) is 7. The van der Waals surface area contributed by atoms with Crippen molar-refractivity contribution < 1.29 is 32.0 Å². The van der Waals surface area contributed by atoms with Crippen LogP contribution in [0.3, 0.4) is 0 Å². The Balaban J connectivity index is 1.51. The van der Waals surface area contributed by atoms with Gasteiger partial charge in [0, 0.05) is 17.5 Å². The molecular weight excluding hydrogens is 486 g/mol. The van der Waals surface area contributed by atoms with E-state index in [1.165, 1.54) is 36.3 Å². The molecule has 3 aromatic rings. The number of carbonyl (C=O) groups excluding carboxylic acids is 3. The number of carbonyl (C=O) groups is 3. The van der Waals surface area contributed by atoms with Crippen molar-refractivity contribution in [2.24, 2.45) is 0 Å². The second-order valence-corrected chi connectivity index (χ2v) is 11.1. The van der Waals surface area contributed by atoms with Crippen LogP contribution in [0.5, 0.6) is 5.75 Å². The molecular formula is C25H25N3O7S. The number of nitrogens with one attached hydrogen (secondary N) is 2. The predicted octanol–water partition coefficient (Wildman–Crippen LogP) is 2.71. The molecule has 0 radical (unpaired) electrons. The lowest BCUT2D eigenvalue weighted by Gasteiger charge is -2.29. The first-order chi connectivity index (χ1) is 17.2. The minimum atomic E-state index is -3.47. The molecule has 10 nitrogen and oxygen atoms in total.